The van der Waals surface area contributed by atoms with Crippen LogP contribution in [0.3, 0.4) is 0 Å². The van der Waals surface area contributed by atoms with E-state index in [4.69, 9.17) is 0 Å². The first-order chi connectivity index (χ1) is 10.4. The zero-order chi connectivity index (χ0) is 14.3. The Balaban J connectivity index is 1.69. The van der Waals surface area contributed by atoms with Crippen LogP contribution in [0.4, 0.5) is 0 Å². The fraction of sp³-hybridized carbons (Fsp3) is 0.316. The maximum absolute atomic E-state index is 4.27. The highest BCUT2D eigenvalue weighted by atomic mass is 15.2. The van der Waals surface area contributed by atoms with E-state index >= 15 is 0 Å². The van der Waals surface area contributed by atoms with Gasteiger partial charge in [0.05, 0.1) is 6.54 Å². The zero-order valence-corrected chi connectivity index (χ0v) is 12.3. The fourth-order valence-electron chi connectivity index (χ4n) is 3.06. The molecule has 2 heterocycles. The molecule has 1 aromatic carbocycles. The summed E-state index contributed by atoms with van der Waals surface area (Å²) in [6, 6.07) is 15.0. The standard InChI is InChI=1S/C19H20N2/c1-2-8-17(9-3-1)10-7-15-21-14-5-4-12-19(21)18-11-6-13-20-16-18/h1-3,6,8-9,11,13,16,19H,4-5,12,14-15H2/p+1/t19-/m0/s1. The Morgan fingerprint density at radius 1 is 1.10 bits per heavy atom. The SMILES string of the molecule is C(#Cc1ccccc1)C[NH+]1CCCC[C@H]1c1cccnc1. The number of rotatable bonds is 2. The molecule has 1 aliphatic rings. The Morgan fingerprint density at radius 3 is 2.81 bits per heavy atom. The van der Waals surface area contributed by atoms with Crippen molar-refractivity contribution in [2.45, 2.75) is 25.3 Å². The van der Waals surface area contributed by atoms with E-state index < -0.39 is 0 Å². The van der Waals surface area contributed by atoms with Gasteiger partial charge >= 0.3 is 0 Å². The second kappa shape index (κ2) is 7.06. The third kappa shape index (κ3) is 3.71. The number of nitrogens with zero attached hydrogens (tertiary/aromatic N) is 1. The molecule has 0 saturated carbocycles. The molecule has 2 aromatic rings. The minimum Gasteiger partial charge on any atom is -0.319 e. The van der Waals surface area contributed by atoms with Crippen molar-refractivity contribution in [3.63, 3.8) is 0 Å². The number of likely N-dealkylation sites (tertiary alicyclic amines) is 1. The van der Waals surface area contributed by atoms with Gasteiger partial charge in [-0.1, -0.05) is 30.2 Å². The summed E-state index contributed by atoms with van der Waals surface area (Å²) in [5.41, 5.74) is 2.46. The van der Waals surface area contributed by atoms with Crippen LogP contribution >= 0.6 is 0 Å². The molecule has 2 nitrogen and oxygen atoms in total. The third-order valence-electron chi connectivity index (χ3n) is 4.14. The maximum Gasteiger partial charge on any atom is 0.140 e. The highest BCUT2D eigenvalue weighted by Gasteiger charge is 2.26. The van der Waals surface area contributed by atoms with E-state index in [1.54, 1.807) is 4.90 Å². The molecule has 1 N–H and O–H groups in total. The van der Waals surface area contributed by atoms with Crippen molar-refractivity contribution in [3.8, 4) is 11.8 Å². The minimum atomic E-state index is 0.553. The zero-order valence-electron chi connectivity index (χ0n) is 12.3. The molecule has 0 radical (unpaired) electrons. The predicted octanol–water partition coefficient (Wildman–Crippen LogP) is 2.24. The van der Waals surface area contributed by atoms with Gasteiger partial charge in [-0.2, -0.15) is 0 Å². The number of quaternary nitrogens is 1. The normalized spacial score (nSPS) is 21.3. The van der Waals surface area contributed by atoms with Crippen LogP contribution in [0.5, 0.6) is 0 Å². The largest absolute Gasteiger partial charge is 0.319 e. The average molecular weight is 277 g/mol. The van der Waals surface area contributed by atoms with Gasteiger partial charge in [0.25, 0.3) is 0 Å². The Bertz CT molecular complexity index is 610. The maximum atomic E-state index is 4.27. The number of hydrogen-bond donors (Lipinski definition) is 1. The molecule has 2 atom stereocenters. The van der Waals surface area contributed by atoms with Crippen LogP contribution in [0.25, 0.3) is 0 Å². The van der Waals surface area contributed by atoms with E-state index in [0.717, 1.165) is 12.1 Å². The van der Waals surface area contributed by atoms with Gasteiger partial charge in [-0.05, 0) is 37.0 Å². The number of aromatic nitrogens is 1. The molecule has 1 aromatic heterocycles. The Kier molecular flexibility index (Phi) is 4.66. The monoisotopic (exact) mass is 277 g/mol. The number of benzene rings is 1. The molecule has 1 saturated heterocycles. The lowest BCUT2D eigenvalue weighted by Gasteiger charge is -2.31. The molecule has 106 valence electrons. The van der Waals surface area contributed by atoms with Gasteiger partial charge in [0.15, 0.2) is 0 Å². The van der Waals surface area contributed by atoms with E-state index in [2.05, 4.69) is 35.0 Å². The first-order valence-electron chi connectivity index (χ1n) is 7.72. The minimum absolute atomic E-state index is 0.553. The van der Waals surface area contributed by atoms with Gasteiger partial charge in [0.2, 0.25) is 0 Å². The van der Waals surface area contributed by atoms with Crippen LogP contribution in [-0.4, -0.2) is 18.1 Å². The van der Waals surface area contributed by atoms with Crippen LogP contribution in [-0.2, 0) is 0 Å². The lowest BCUT2D eigenvalue weighted by atomic mass is 9.96. The van der Waals surface area contributed by atoms with E-state index in [1.807, 2.05) is 36.7 Å². The number of nitrogens with one attached hydrogen (secondary N) is 1. The second-order valence-corrected chi connectivity index (χ2v) is 5.59. The van der Waals surface area contributed by atoms with Gasteiger partial charge in [-0.15, -0.1) is 0 Å². The van der Waals surface area contributed by atoms with Crippen LogP contribution < -0.4 is 4.90 Å². The molecule has 3 rings (SSSR count). The smallest absolute Gasteiger partial charge is 0.140 e. The quantitative estimate of drug-likeness (QED) is 0.833. The first-order valence-corrected chi connectivity index (χ1v) is 7.72. The predicted molar refractivity (Wildman–Crippen MR) is 84.8 cm³/mol. The van der Waals surface area contributed by atoms with E-state index in [-0.39, 0.29) is 0 Å². The second-order valence-electron chi connectivity index (χ2n) is 5.59. The molecule has 0 amide bonds. The van der Waals surface area contributed by atoms with Crippen molar-refractivity contribution in [2.24, 2.45) is 0 Å². The van der Waals surface area contributed by atoms with E-state index in [9.17, 15) is 0 Å². The lowest BCUT2D eigenvalue weighted by molar-refractivity contribution is -0.930. The van der Waals surface area contributed by atoms with Crippen molar-refractivity contribution >= 4 is 0 Å². The average Bonchev–Trinajstić information content (AvgIpc) is 2.57. The fourth-order valence-corrected chi connectivity index (χ4v) is 3.06. The summed E-state index contributed by atoms with van der Waals surface area (Å²) in [5, 5.41) is 0. The topological polar surface area (TPSA) is 17.3 Å². The number of hydrogen-bond acceptors (Lipinski definition) is 1. The Labute approximate surface area is 126 Å². The van der Waals surface area contributed by atoms with Crippen molar-refractivity contribution in [3.05, 3.63) is 66.0 Å². The molecule has 0 spiro atoms. The molecular formula is C19H21N2+. The van der Waals surface area contributed by atoms with E-state index in [0.29, 0.717) is 6.04 Å². The molecule has 2 heteroatoms. The van der Waals surface area contributed by atoms with Crippen LogP contribution in [0, 0.1) is 11.8 Å². The summed E-state index contributed by atoms with van der Waals surface area (Å²) in [7, 11) is 0. The van der Waals surface area contributed by atoms with Gasteiger partial charge in [-0.3, -0.25) is 4.98 Å². The summed E-state index contributed by atoms with van der Waals surface area (Å²) >= 11 is 0. The number of piperidine rings is 1. The van der Waals surface area contributed by atoms with Crippen molar-refractivity contribution in [1.29, 1.82) is 0 Å². The van der Waals surface area contributed by atoms with Crippen molar-refractivity contribution in [2.75, 3.05) is 13.1 Å². The highest BCUT2D eigenvalue weighted by molar-refractivity contribution is 5.33. The molecule has 1 fully saturated rings. The summed E-state index contributed by atoms with van der Waals surface area (Å²) in [5.74, 6) is 6.64. The van der Waals surface area contributed by atoms with Gasteiger partial charge < -0.3 is 4.90 Å². The molecular weight excluding hydrogens is 256 g/mol. The van der Waals surface area contributed by atoms with Crippen LogP contribution in [0.15, 0.2) is 54.9 Å². The molecule has 1 aliphatic heterocycles. The lowest BCUT2D eigenvalue weighted by Crippen LogP contribution is -3.13. The summed E-state index contributed by atoms with van der Waals surface area (Å²) in [6.45, 7) is 2.12. The van der Waals surface area contributed by atoms with Crippen molar-refractivity contribution in [1.82, 2.24) is 4.98 Å². The van der Waals surface area contributed by atoms with E-state index in [1.165, 1.54) is 31.4 Å². The van der Waals surface area contributed by atoms with Crippen LogP contribution in [0.2, 0.25) is 0 Å². The molecule has 0 bridgehead atoms. The van der Waals surface area contributed by atoms with Crippen LogP contribution in [0.1, 0.15) is 36.4 Å². The Morgan fingerprint density at radius 2 is 2.00 bits per heavy atom. The first kappa shape index (κ1) is 13.9. The summed E-state index contributed by atoms with van der Waals surface area (Å²) < 4.78 is 0. The third-order valence-corrected chi connectivity index (χ3v) is 4.14. The molecule has 1 unspecified atom stereocenters. The van der Waals surface area contributed by atoms with Gasteiger partial charge in [0, 0.05) is 29.9 Å². The van der Waals surface area contributed by atoms with Crippen molar-refractivity contribution < 1.29 is 4.90 Å². The Hall–Kier alpha value is -2.11. The van der Waals surface area contributed by atoms with Gasteiger partial charge in [-0.25, -0.2) is 0 Å². The number of pyridine rings is 1. The summed E-state index contributed by atoms with van der Waals surface area (Å²) in [6.07, 6.45) is 7.73. The van der Waals surface area contributed by atoms with Gasteiger partial charge in [0.1, 0.15) is 12.6 Å². The molecule has 21 heavy (non-hydrogen) atoms. The highest BCUT2D eigenvalue weighted by Crippen LogP contribution is 2.18. The molecule has 0 aliphatic carbocycles. The summed E-state index contributed by atoms with van der Waals surface area (Å²) in [4.78, 5) is 5.85.